The number of methoxy groups -OCH3 is 1. The molecule has 10 heteroatoms. The van der Waals surface area contributed by atoms with E-state index in [-0.39, 0.29) is 36.5 Å². The SMILES string of the molecule is COC(=O)Cc1cccc(OCCCN(Cc2cccc(C(F)(F)F)c2Cl)CC(c2ccc(F)cc2)c2ccc(F)cc2)c1. The van der Waals surface area contributed by atoms with Gasteiger partial charge in [-0.15, -0.1) is 0 Å². The zero-order chi connectivity index (χ0) is 31.7. The van der Waals surface area contributed by atoms with Crippen molar-refractivity contribution in [1.82, 2.24) is 4.90 Å². The molecule has 0 aliphatic rings. The average molecular weight is 632 g/mol. The number of carbonyl (C=O) groups is 1. The Morgan fingerprint density at radius 1 is 0.886 bits per heavy atom. The molecule has 0 amide bonds. The predicted octanol–water partition coefficient (Wildman–Crippen LogP) is 8.46. The summed E-state index contributed by atoms with van der Waals surface area (Å²) in [5.41, 5.74) is 1.64. The highest BCUT2D eigenvalue weighted by Gasteiger charge is 2.34. The molecular weight excluding hydrogens is 601 g/mol. The van der Waals surface area contributed by atoms with Crippen LogP contribution >= 0.6 is 11.6 Å². The molecule has 4 nitrogen and oxygen atoms in total. The monoisotopic (exact) mass is 631 g/mol. The van der Waals surface area contributed by atoms with Crippen molar-refractivity contribution in [3.8, 4) is 5.75 Å². The minimum absolute atomic E-state index is 0.0935. The van der Waals surface area contributed by atoms with Gasteiger partial charge in [0.2, 0.25) is 0 Å². The Balaban J connectivity index is 1.56. The van der Waals surface area contributed by atoms with E-state index in [0.717, 1.165) is 22.8 Å². The van der Waals surface area contributed by atoms with Crippen molar-refractivity contribution in [2.75, 3.05) is 26.8 Å². The molecule has 232 valence electrons. The van der Waals surface area contributed by atoms with E-state index in [2.05, 4.69) is 0 Å². The lowest BCUT2D eigenvalue weighted by Crippen LogP contribution is -2.31. The molecule has 0 unspecified atom stereocenters. The summed E-state index contributed by atoms with van der Waals surface area (Å²) < 4.78 is 79.0. The quantitative estimate of drug-likeness (QED) is 0.0843. The molecule has 0 N–H and O–H groups in total. The zero-order valence-corrected chi connectivity index (χ0v) is 24.7. The molecule has 0 aliphatic carbocycles. The molecule has 0 fully saturated rings. The summed E-state index contributed by atoms with van der Waals surface area (Å²) in [6, 6.07) is 22.8. The second-order valence-corrected chi connectivity index (χ2v) is 10.6. The zero-order valence-electron chi connectivity index (χ0n) is 23.9. The van der Waals surface area contributed by atoms with Crippen LogP contribution in [-0.2, 0) is 28.7 Å². The fourth-order valence-corrected chi connectivity index (χ4v) is 5.20. The van der Waals surface area contributed by atoms with Crippen LogP contribution in [0.4, 0.5) is 22.0 Å². The van der Waals surface area contributed by atoms with Crippen molar-refractivity contribution in [3.05, 3.63) is 135 Å². The van der Waals surface area contributed by atoms with E-state index in [1.165, 1.54) is 37.4 Å². The third-order valence-electron chi connectivity index (χ3n) is 7.13. The largest absolute Gasteiger partial charge is 0.494 e. The van der Waals surface area contributed by atoms with Crippen LogP contribution < -0.4 is 4.74 Å². The topological polar surface area (TPSA) is 38.8 Å². The van der Waals surface area contributed by atoms with E-state index >= 15 is 0 Å². The van der Waals surface area contributed by atoms with Gasteiger partial charge in [0.1, 0.15) is 17.4 Å². The van der Waals surface area contributed by atoms with Crippen molar-refractivity contribution in [2.24, 2.45) is 0 Å². The Morgan fingerprint density at radius 2 is 1.50 bits per heavy atom. The molecule has 4 rings (SSSR count). The van der Waals surface area contributed by atoms with Gasteiger partial charge >= 0.3 is 12.1 Å². The third kappa shape index (κ3) is 9.27. The normalized spacial score (nSPS) is 11.7. The fourth-order valence-electron chi connectivity index (χ4n) is 4.91. The van der Waals surface area contributed by atoms with Crippen LogP contribution in [0, 0.1) is 11.6 Å². The highest BCUT2D eigenvalue weighted by molar-refractivity contribution is 6.32. The molecule has 0 heterocycles. The van der Waals surface area contributed by atoms with Crippen LogP contribution in [0.15, 0.2) is 91.0 Å². The first-order valence-electron chi connectivity index (χ1n) is 13.9. The van der Waals surface area contributed by atoms with Crippen LogP contribution in [0.1, 0.15) is 40.2 Å². The van der Waals surface area contributed by atoms with Crippen molar-refractivity contribution in [1.29, 1.82) is 0 Å². The second kappa shape index (κ2) is 15.2. The molecule has 4 aromatic rings. The summed E-state index contributed by atoms with van der Waals surface area (Å²) >= 11 is 6.26. The number of halogens is 6. The molecule has 0 aliphatic heterocycles. The van der Waals surface area contributed by atoms with Gasteiger partial charge in [-0.2, -0.15) is 13.2 Å². The molecule has 0 spiro atoms. The van der Waals surface area contributed by atoms with Crippen LogP contribution in [0.25, 0.3) is 0 Å². The number of ether oxygens (including phenoxy) is 2. The lowest BCUT2D eigenvalue weighted by Gasteiger charge is -2.29. The number of rotatable bonds is 13. The smallest absolute Gasteiger partial charge is 0.417 e. The summed E-state index contributed by atoms with van der Waals surface area (Å²) in [7, 11) is 1.32. The molecule has 4 aromatic carbocycles. The Kier molecular flexibility index (Phi) is 11.4. The van der Waals surface area contributed by atoms with E-state index in [9.17, 15) is 26.7 Å². The van der Waals surface area contributed by atoms with Crippen molar-refractivity contribution < 1.29 is 36.2 Å². The highest BCUT2D eigenvalue weighted by Crippen LogP contribution is 2.37. The number of carbonyl (C=O) groups excluding carboxylic acids is 1. The maximum absolute atomic E-state index is 13.8. The third-order valence-corrected chi connectivity index (χ3v) is 7.57. The van der Waals surface area contributed by atoms with Gasteiger partial charge in [0.15, 0.2) is 0 Å². The first-order valence-corrected chi connectivity index (χ1v) is 14.3. The number of nitrogens with zero attached hydrogens (tertiary/aromatic N) is 1. The maximum atomic E-state index is 13.8. The summed E-state index contributed by atoms with van der Waals surface area (Å²) in [6.07, 6.45) is -4.01. The average Bonchev–Trinajstić information content (AvgIpc) is 2.99. The number of benzene rings is 4. The lowest BCUT2D eigenvalue weighted by atomic mass is 9.90. The Hall–Kier alpha value is -3.95. The van der Waals surface area contributed by atoms with Gasteiger partial charge in [0, 0.05) is 25.6 Å². The predicted molar refractivity (Wildman–Crippen MR) is 159 cm³/mol. The summed E-state index contributed by atoms with van der Waals surface area (Å²) in [4.78, 5) is 13.6. The Labute approximate surface area is 258 Å². The fraction of sp³-hybridized carbons (Fsp3) is 0.265. The standard InChI is InChI=1S/C34H31ClF5NO3/c1-43-32(42)20-23-5-2-7-29(19-23)44-18-4-17-41(21-26-6-3-8-31(33(26)35)34(38,39)40)22-30(24-9-13-27(36)14-10-24)25-11-15-28(37)16-12-25/h2-3,5-16,19,30H,4,17-18,20-22H2,1H3. The minimum atomic E-state index is -4.61. The second-order valence-electron chi connectivity index (χ2n) is 10.3. The van der Waals surface area contributed by atoms with Gasteiger partial charge in [-0.05, 0) is 71.1 Å². The van der Waals surface area contributed by atoms with Crippen molar-refractivity contribution >= 4 is 17.6 Å². The van der Waals surface area contributed by atoms with E-state index < -0.39 is 23.4 Å². The number of hydrogen-bond donors (Lipinski definition) is 0. The van der Waals surface area contributed by atoms with Crippen LogP contribution in [0.5, 0.6) is 5.75 Å². The summed E-state index contributed by atoms with van der Waals surface area (Å²) in [5, 5.41) is -0.371. The Bertz CT molecular complexity index is 1480. The molecular formula is C34H31ClF5NO3. The highest BCUT2D eigenvalue weighted by atomic mass is 35.5. The molecule has 0 aromatic heterocycles. The first-order chi connectivity index (χ1) is 21.0. The van der Waals surface area contributed by atoms with Crippen molar-refractivity contribution in [2.45, 2.75) is 31.5 Å². The molecule has 0 radical (unpaired) electrons. The number of hydrogen-bond acceptors (Lipinski definition) is 4. The van der Waals surface area contributed by atoms with Crippen molar-refractivity contribution in [3.63, 3.8) is 0 Å². The number of esters is 1. The molecule has 0 saturated heterocycles. The molecule has 0 saturated carbocycles. The lowest BCUT2D eigenvalue weighted by molar-refractivity contribution is -0.140. The van der Waals surface area contributed by atoms with E-state index in [0.29, 0.717) is 30.8 Å². The first kappa shape index (κ1) is 33.0. The van der Waals surface area contributed by atoms with E-state index in [4.69, 9.17) is 21.1 Å². The minimum Gasteiger partial charge on any atom is -0.494 e. The molecule has 0 bridgehead atoms. The molecule has 44 heavy (non-hydrogen) atoms. The van der Waals surface area contributed by atoms with Crippen LogP contribution in [0.2, 0.25) is 5.02 Å². The van der Waals surface area contributed by atoms with Gasteiger partial charge < -0.3 is 9.47 Å². The van der Waals surface area contributed by atoms with E-state index in [1.54, 1.807) is 54.6 Å². The summed E-state index contributed by atoms with van der Waals surface area (Å²) in [5.74, 6) is -0.979. The summed E-state index contributed by atoms with van der Waals surface area (Å²) in [6.45, 7) is 1.11. The van der Waals surface area contributed by atoms with Gasteiger partial charge in [0.05, 0.1) is 30.7 Å². The van der Waals surface area contributed by atoms with Crippen LogP contribution in [0.3, 0.4) is 0 Å². The maximum Gasteiger partial charge on any atom is 0.417 e. The van der Waals surface area contributed by atoms with Gasteiger partial charge in [-0.1, -0.05) is 60.1 Å². The Morgan fingerprint density at radius 3 is 2.09 bits per heavy atom. The van der Waals surface area contributed by atoms with Gasteiger partial charge in [0.25, 0.3) is 0 Å². The van der Waals surface area contributed by atoms with Gasteiger partial charge in [-0.3, -0.25) is 9.69 Å². The molecule has 0 atom stereocenters. The van der Waals surface area contributed by atoms with E-state index in [1.807, 2.05) is 4.90 Å². The number of alkyl halides is 3. The van der Waals surface area contributed by atoms with Crippen LogP contribution in [-0.4, -0.2) is 37.7 Å². The van der Waals surface area contributed by atoms with Gasteiger partial charge in [-0.25, -0.2) is 8.78 Å².